The van der Waals surface area contributed by atoms with E-state index in [0.29, 0.717) is 5.92 Å². The Morgan fingerprint density at radius 1 is 1.18 bits per heavy atom. The van der Waals surface area contributed by atoms with E-state index in [2.05, 4.69) is 27.7 Å². The number of benzene rings is 1. The van der Waals surface area contributed by atoms with Gasteiger partial charge >= 0.3 is 0 Å². The van der Waals surface area contributed by atoms with Crippen LogP contribution in [0.5, 0.6) is 0 Å². The molecule has 0 aromatic heterocycles. The van der Waals surface area contributed by atoms with Crippen LogP contribution in [0.2, 0.25) is 0 Å². The Bertz CT molecular complexity index is 382. The number of aliphatic hydroxyl groups excluding tert-OH is 1. The molecule has 1 aromatic rings. The van der Waals surface area contributed by atoms with Crippen LogP contribution in [0.15, 0.2) is 30.3 Å². The molecule has 1 fully saturated rings. The van der Waals surface area contributed by atoms with Gasteiger partial charge in [-0.25, -0.2) is 0 Å². The van der Waals surface area contributed by atoms with Crippen LogP contribution in [-0.2, 0) is 0 Å². The fraction of sp³-hybridized carbons (Fsp3) is 0.625. The lowest BCUT2D eigenvalue weighted by molar-refractivity contribution is -0.0427. The largest absolute Gasteiger partial charge is 0.388 e. The van der Waals surface area contributed by atoms with Crippen molar-refractivity contribution in [2.24, 2.45) is 16.7 Å². The summed E-state index contributed by atoms with van der Waals surface area (Å²) in [5, 5.41) is 10.7. The van der Waals surface area contributed by atoms with Gasteiger partial charge in [-0.3, -0.25) is 0 Å². The first-order valence-corrected chi connectivity index (χ1v) is 6.62. The van der Waals surface area contributed by atoms with E-state index in [4.69, 9.17) is 0 Å². The Balaban J connectivity index is 2.34. The van der Waals surface area contributed by atoms with E-state index in [0.717, 1.165) is 12.0 Å². The number of hydrogen-bond acceptors (Lipinski definition) is 1. The highest BCUT2D eigenvalue weighted by Gasteiger charge is 2.53. The lowest BCUT2D eigenvalue weighted by Gasteiger charge is -2.44. The van der Waals surface area contributed by atoms with Gasteiger partial charge in [0.05, 0.1) is 6.10 Å². The maximum atomic E-state index is 10.7. The van der Waals surface area contributed by atoms with Crippen molar-refractivity contribution in [3.05, 3.63) is 35.9 Å². The van der Waals surface area contributed by atoms with Crippen LogP contribution in [0.3, 0.4) is 0 Å². The van der Waals surface area contributed by atoms with Crippen molar-refractivity contribution >= 4 is 0 Å². The van der Waals surface area contributed by atoms with Crippen LogP contribution in [0.25, 0.3) is 0 Å². The third kappa shape index (κ3) is 1.81. The average molecular weight is 232 g/mol. The standard InChI is InChI=1S/C16H24O/c1-12-10-11-16(4,15(12,2)3)14(17)13-8-6-5-7-9-13/h5-9,12,14,17H,10-11H2,1-4H3. The molecule has 1 aliphatic rings. The summed E-state index contributed by atoms with van der Waals surface area (Å²) in [6, 6.07) is 10.1. The summed E-state index contributed by atoms with van der Waals surface area (Å²) in [6.45, 7) is 9.16. The van der Waals surface area contributed by atoms with E-state index in [1.165, 1.54) is 6.42 Å². The maximum Gasteiger partial charge on any atom is 0.0848 e. The molecule has 0 radical (unpaired) electrons. The molecule has 0 bridgehead atoms. The van der Waals surface area contributed by atoms with Crippen molar-refractivity contribution in [3.8, 4) is 0 Å². The van der Waals surface area contributed by atoms with Gasteiger partial charge in [-0.2, -0.15) is 0 Å². The van der Waals surface area contributed by atoms with Gasteiger partial charge in [-0.1, -0.05) is 58.0 Å². The van der Waals surface area contributed by atoms with Crippen molar-refractivity contribution < 1.29 is 5.11 Å². The molecule has 1 aliphatic carbocycles. The van der Waals surface area contributed by atoms with Crippen LogP contribution in [0, 0.1) is 16.7 Å². The summed E-state index contributed by atoms with van der Waals surface area (Å²) in [4.78, 5) is 0. The van der Waals surface area contributed by atoms with Gasteiger partial charge in [-0.05, 0) is 29.7 Å². The molecule has 0 spiro atoms. The van der Waals surface area contributed by atoms with Gasteiger partial charge in [0.1, 0.15) is 0 Å². The van der Waals surface area contributed by atoms with Crippen LogP contribution >= 0.6 is 0 Å². The molecule has 3 unspecified atom stereocenters. The van der Waals surface area contributed by atoms with E-state index in [1.54, 1.807) is 0 Å². The number of aliphatic hydroxyl groups is 1. The van der Waals surface area contributed by atoms with Gasteiger partial charge in [0.15, 0.2) is 0 Å². The Hall–Kier alpha value is -0.820. The molecule has 94 valence electrons. The molecule has 1 nitrogen and oxygen atoms in total. The van der Waals surface area contributed by atoms with Crippen molar-refractivity contribution in [1.82, 2.24) is 0 Å². The summed E-state index contributed by atoms with van der Waals surface area (Å²) in [7, 11) is 0. The normalized spacial score (nSPS) is 33.6. The van der Waals surface area contributed by atoms with Crippen LogP contribution in [0.4, 0.5) is 0 Å². The SMILES string of the molecule is CC1CCC(C)(C(O)c2ccccc2)C1(C)C. The zero-order valence-electron chi connectivity index (χ0n) is 11.4. The fourth-order valence-corrected chi connectivity index (χ4v) is 3.25. The van der Waals surface area contributed by atoms with Crippen molar-refractivity contribution in [2.75, 3.05) is 0 Å². The minimum atomic E-state index is -0.358. The van der Waals surface area contributed by atoms with Crippen LogP contribution < -0.4 is 0 Å². The van der Waals surface area contributed by atoms with Crippen molar-refractivity contribution in [3.63, 3.8) is 0 Å². The van der Waals surface area contributed by atoms with Gasteiger partial charge in [0.25, 0.3) is 0 Å². The van der Waals surface area contributed by atoms with Crippen LogP contribution in [-0.4, -0.2) is 5.11 Å². The van der Waals surface area contributed by atoms with Crippen LogP contribution in [0.1, 0.15) is 52.2 Å². The topological polar surface area (TPSA) is 20.2 Å². The van der Waals surface area contributed by atoms with Gasteiger partial charge in [0, 0.05) is 5.41 Å². The fourth-order valence-electron chi connectivity index (χ4n) is 3.25. The molecular weight excluding hydrogens is 208 g/mol. The molecule has 1 aromatic carbocycles. The molecule has 2 rings (SSSR count). The smallest absolute Gasteiger partial charge is 0.0848 e. The first-order chi connectivity index (χ1) is 7.89. The molecule has 0 saturated heterocycles. The Kier molecular flexibility index (Phi) is 3.07. The Labute approximate surface area is 105 Å². The zero-order valence-corrected chi connectivity index (χ0v) is 11.4. The third-order valence-corrected chi connectivity index (χ3v) is 5.52. The molecule has 1 heteroatoms. The lowest BCUT2D eigenvalue weighted by Crippen LogP contribution is -2.38. The Morgan fingerprint density at radius 3 is 2.24 bits per heavy atom. The second kappa shape index (κ2) is 4.13. The highest BCUT2D eigenvalue weighted by Crippen LogP contribution is 2.60. The lowest BCUT2D eigenvalue weighted by atomic mass is 9.62. The molecule has 1 saturated carbocycles. The molecule has 3 atom stereocenters. The minimum Gasteiger partial charge on any atom is -0.388 e. The second-order valence-corrected chi connectivity index (χ2v) is 6.39. The first-order valence-electron chi connectivity index (χ1n) is 6.62. The highest BCUT2D eigenvalue weighted by molar-refractivity contribution is 5.21. The molecule has 0 aliphatic heterocycles. The summed E-state index contributed by atoms with van der Waals surface area (Å²) >= 11 is 0. The molecule has 17 heavy (non-hydrogen) atoms. The van der Waals surface area contributed by atoms with Gasteiger partial charge < -0.3 is 5.11 Å². The quantitative estimate of drug-likeness (QED) is 0.811. The van der Waals surface area contributed by atoms with Gasteiger partial charge in [-0.15, -0.1) is 0 Å². The second-order valence-electron chi connectivity index (χ2n) is 6.39. The summed E-state index contributed by atoms with van der Waals surface area (Å²) < 4.78 is 0. The summed E-state index contributed by atoms with van der Waals surface area (Å²) in [6.07, 6.45) is 1.97. The van der Waals surface area contributed by atoms with E-state index in [9.17, 15) is 5.11 Å². The third-order valence-electron chi connectivity index (χ3n) is 5.52. The molecular formula is C16H24O. The number of hydrogen-bond donors (Lipinski definition) is 1. The molecule has 0 heterocycles. The van der Waals surface area contributed by atoms with Gasteiger partial charge in [0.2, 0.25) is 0 Å². The Morgan fingerprint density at radius 2 is 1.76 bits per heavy atom. The summed E-state index contributed by atoms with van der Waals surface area (Å²) in [5.74, 6) is 0.672. The molecule has 0 amide bonds. The number of rotatable bonds is 2. The zero-order chi connectivity index (χ0) is 12.7. The van der Waals surface area contributed by atoms with E-state index in [-0.39, 0.29) is 16.9 Å². The predicted molar refractivity (Wildman–Crippen MR) is 71.7 cm³/mol. The average Bonchev–Trinajstić information content (AvgIpc) is 2.54. The van der Waals surface area contributed by atoms with E-state index in [1.807, 2.05) is 30.3 Å². The minimum absolute atomic E-state index is 0.0201. The first kappa shape index (κ1) is 12.6. The van der Waals surface area contributed by atoms with E-state index < -0.39 is 0 Å². The van der Waals surface area contributed by atoms with Crippen molar-refractivity contribution in [1.29, 1.82) is 0 Å². The predicted octanol–water partition coefficient (Wildman–Crippen LogP) is 4.18. The van der Waals surface area contributed by atoms with Crippen molar-refractivity contribution in [2.45, 2.75) is 46.6 Å². The maximum absolute atomic E-state index is 10.7. The summed E-state index contributed by atoms with van der Waals surface area (Å²) in [5.41, 5.74) is 1.22. The monoisotopic (exact) mass is 232 g/mol. The molecule has 1 N–H and O–H groups in total. The highest BCUT2D eigenvalue weighted by atomic mass is 16.3. The van der Waals surface area contributed by atoms with E-state index >= 15 is 0 Å².